The largest absolute Gasteiger partial charge is 0.496 e. The quantitative estimate of drug-likeness (QED) is 0.322. The molecule has 1 aliphatic heterocycles. The Morgan fingerprint density at radius 3 is 2.51 bits per heavy atom. The summed E-state index contributed by atoms with van der Waals surface area (Å²) in [5.41, 5.74) is 12.4. The summed E-state index contributed by atoms with van der Waals surface area (Å²) in [7, 11) is 1.54. The van der Waals surface area contributed by atoms with Gasteiger partial charge in [-0.25, -0.2) is 4.68 Å². The fourth-order valence-corrected chi connectivity index (χ4v) is 4.82. The van der Waals surface area contributed by atoms with Crippen molar-refractivity contribution in [3.63, 3.8) is 0 Å². The van der Waals surface area contributed by atoms with Gasteiger partial charge in [0, 0.05) is 24.3 Å². The molecule has 39 heavy (non-hydrogen) atoms. The third-order valence-electron chi connectivity index (χ3n) is 7.05. The number of hydrogen-bond acceptors (Lipinski definition) is 5. The van der Waals surface area contributed by atoms with E-state index in [-0.39, 0.29) is 11.3 Å². The molecule has 3 aromatic carbocycles. The molecule has 0 radical (unpaired) electrons. The number of primary amides is 1. The molecule has 8 heteroatoms. The number of methoxy groups -OCH3 is 1. The maximum Gasteiger partial charge on any atom is 0.255 e. The highest BCUT2D eigenvalue weighted by atomic mass is 16.5. The van der Waals surface area contributed by atoms with E-state index in [9.17, 15) is 9.59 Å². The van der Waals surface area contributed by atoms with E-state index in [0.717, 1.165) is 23.2 Å². The molecule has 0 saturated carbocycles. The SMILES string of the molecule is COc1ccccc1C(=O)NCc1ccc(-c2nn3c(c2C(N)=O)Nc2ccc(C(C)(C)C)cc2CC3)cc1. The van der Waals surface area contributed by atoms with Gasteiger partial charge < -0.3 is 21.1 Å². The molecule has 0 atom stereocenters. The van der Waals surface area contributed by atoms with Gasteiger partial charge in [0.15, 0.2) is 0 Å². The van der Waals surface area contributed by atoms with Gasteiger partial charge in [-0.05, 0) is 46.7 Å². The minimum Gasteiger partial charge on any atom is -0.496 e. The number of carbonyl (C=O) groups excluding carboxylic acids is 2. The number of aromatic nitrogens is 2. The number of nitrogens with two attached hydrogens (primary N) is 1. The predicted octanol–water partition coefficient (Wildman–Crippen LogP) is 5.18. The Labute approximate surface area is 228 Å². The van der Waals surface area contributed by atoms with Crippen LogP contribution in [-0.4, -0.2) is 28.7 Å². The third-order valence-corrected chi connectivity index (χ3v) is 7.05. The fourth-order valence-electron chi connectivity index (χ4n) is 4.82. The summed E-state index contributed by atoms with van der Waals surface area (Å²) in [6.45, 7) is 7.55. The Bertz CT molecular complexity index is 1550. The van der Waals surface area contributed by atoms with Gasteiger partial charge in [-0.15, -0.1) is 0 Å². The van der Waals surface area contributed by atoms with Crippen molar-refractivity contribution in [1.82, 2.24) is 15.1 Å². The molecule has 0 saturated heterocycles. The van der Waals surface area contributed by atoms with Crippen LogP contribution < -0.4 is 21.1 Å². The van der Waals surface area contributed by atoms with Crippen molar-refractivity contribution < 1.29 is 14.3 Å². The number of fused-ring (bicyclic) bond motifs is 2. The summed E-state index contributed by atoms with van der Waals surface area (Å²) in [5, 5.41) is 11.1. The van der Waals surface area contributed by atoms with Crippen molar-refractivity contribution in [3.05, 3.63) is 94.5 Å². The van der Waals surface area contributed by atoms with Crippen molar-refractivity contribution in [2.24, 2.45) is 5.73 Å². The monoisotopic (exact) mass is 523 g/mol. The number of benzene rings is 3. The van der Waals surface area contributed by atoms with E-state index in [1.54, 1.807) is 18.2 Å². The molecule has 0 bridgehead atoms. The zero-order valence-corrected chi connectivity index (χ0v) is 22.7. The van der Waals surface area contributed by atoms with Gasteiger partial charge in [0.2, 0.25) is 0 Å². The predicted molar refractivity (Wildman–Crippen MR) is 152 cm³/mol. The maximum absolute atomic E-state index is 12.6. The molecule has 0 spiro atoms. The van der Waals surface area contributed by atoms with Crippen molar-refractivity contribution in [2.45, 2.75) is 45.7 Å². The first-order valence-electron chi connectivity index (χ1n) is 13.0. The van der Waals surface area contributed by atoms with E-state index in [4.69, 9.17) is 15.6 Å². The van der Waals surface area contributed by atoms with Crippen molar-refractivity contribution >= 4 is 23.3 Å². The second-order valence-corrected chi connectivity index (χ2v) is 10.7. The zero-order valence-electron chi connectivity index (χ0n) is 22.7. The van der Waals surface area contributed by atoms with Crippen LogP contribution in [0.1, 0.15) is 58.2 Å². The number of hydrogen-bond donors (Lipinski definition) is 3. The van der Waals surface area contributed by atoms with Gasteiger partial charge in [0.25, 0.3) is 11.8 Å². The van der Waals surface area contributed by atoms with Crippen LogP contribution >= 0.6 is 0 Å². The molecule has 5 rings (SSSR count). The number of aryl methyl sites for hydroxylation is 2. The molecular formula is C31H33N5O3. The Balaban J connectivity index is 1.37. The summed E-state index contributed by atoms with van der Waals surface area (Å²) in [5.74, 6) is 0.371. The first kappa shape index (κ1) is 26.0. The molecular weight excluding hydrogens is 490 g/mol. The van der Waals surface area contributed by atoms with Gasteiger partial charge in [0.1, 0.15) is 22.8 Å². The average Bonchev–Trinajstić information content (AvgIpc) is 3.19. The number of amides is 2. The molecule has 1 aliphatic rings. The lowest BCUT2D eigenvalue weighted by Gasteiger charge is -2.21. The third kappa shape index (κ3) is 5.23. The first-order chi connectivity index (χ1) is 18.7. The fraction of sp³-hybridized carbons (Fsp3) is 0.258. The van der Waals surface area contributed by atoms with Crippen LogP contribution in [0.3, 0.4) is 0 Å². The maximum atomic E-state index is 12.6. The van der Waals surface area contributed by atoms with Gasteiger partial charge in [-0.1, -0.05) is 69.3 Å². The normalized spacial score (nSPS) is 12.5. The minimum absolute atomic E-state index is 0.0455. The average molecular weight is 524 g/mol. The van der Waals surface area contributed by atoms with Gasteiger partial charge in [-0.2, -0.15) is 5.10 Å². The zero-order chi connectivity index (χ0) is 27.7. The van der Waals surface area contributed by atoms with Crippen molar-refractivity contribution in [3.8, 4) is 17.0 Å². The summed E-state index contributed by atoms with van der Waals surface area (Å²) in [6.07, 6.45) is 0.781. The van der Waals surface area contributed by atoms with E-state index in [1.165, 1.54) is 18.2 Å². The molecule has 0 aliphatic carbocycles. The lowest BCUT2D eigenvalue weighted by Crippen LogP contribution is -2.23. The van der Waals surface area contributed by atoms with Crippen LogP contribution in [0.4, 0.5) is 11.5 Å². The first-order valence-corrected chi connectivity index (χ1v) is 13.0. The Morgan fingerprint density at radius 1 is 1.08 bits per heavy atom. The van der Waals surface area contributed by atoms with Crippen LogP contribution in [0.25, 0.3) is 11.3 Å². The van der Waals surface area contributed by atoms with Crippen LogP contribution in [0, 0.1) is 0 Å². The van der Waals surface area contributed by atoms with Crippen LogP contribution in [0.5, 0.6) is 5.75 Å². The summed E-state index contributed by atoms with van der Waals surface area (Å²) < 4.78 is 7.11. The number of nitrogens with one attached hydrogen (secondary N) is 2. The van der Waals surface area contributed by atoms with Crippen LogP contribution in [-0.2, 0) is 24.9 Å². The van der Waals surface area contributed by atoms with Crippen LogP contribution in [0.2, 0.25) is 0 Å². The lowest BCUT2D eigenvalue weighted by atomic mass is 9.85. The molecule has 1 aromatic heterocycles. The van der Waals surface area contributed by atoms with E-state index in [2.05, 4.69) is 49.6 Å². The van der Waals surface area contributed by atoms with E-state index in [0.29, 0.717) is 41.5 Å². The molecule has 4 N–H and O–H groups in total. The molecule has 0 unspecified atom stereocenters. The summed E-state index contributed by atoms with van der Waals surface area (Å²) >= 11 is 0. The highest BCUT2D eigenvalue weighted by molar-refractivity contribution is 6.04. The highest BCUT2D eigenvalue weighted by Gasteiger charge is 2.26. The van der Waals surface area contributed by atoms with E-state index < -0.39 is 5.91 Å². The number of rotatable bonds is 6. The van der Waals surface area contributed by atoms with E-state index in [1.807, 2.05) is 35.0 Å². The molecule has 200 valence electrons. The molecule has 4 aromatic rings. The molecule has 2 amide bonds. The van der Waals surface area contributed by atoms with Crippen molar-refractivity contribution in [2.75, 3.05) is 12.4 Å². The standard InChI is InChI=1S/C31H33N5O3/c1-31(2,3)22-13-14-24-21(17-22)15-16-36-29(34-24)26(28(32)37)27(35-36)20-11-9-19(10-12-20)18-33-30(38)23-7-5-6-8-25(23)39-4/h5-14,17,34H,15-16,18H2,1-4H3,(H2,32,37)(H,33,38). The van der Waals surface area contributed by atoms with Gasteiger partial charge in [-0.3, -0.25) is 9.59 Å². The van der Waals surface area contributed by atoms with Gasteiger partial charge >= 0.3 is 0 Å². The second-order valence-electron chi connectivity index (χ2n) is 10.7. The minimum atomic E-state index is -0.540. The summed E-state index contributed by atoms with van der Waals surface area (Å²) in [4.78, 5) is 25.3. The lowest BCUT2D eigenvalue weighted by molar-refractivity contribution is 0.0946. The Morgan fingerprint density at radius 2 is 1.82 bits per heavy atom. The Hall–Kier alpha value is -4.59. The number of para-hydroxylation sites is 1. The second kappa shape index (κ2) is 10.3. The molecule has 8 nitrogen and oxygen atoms in total. The number of anilines is 2. The number of nitrogens with zero attached hydrogens (tertiary/aromatic N) is 2. The number of carbonyl (C=O) groups is 2. The number of ether oxygens (including phenoxy) is 1. The molecule has 2 heterocycles. The van der Waals surface area contributed by atoms with Crippen LogP contribution in [0.15, 0.2) is 66.7 Å². The van der Waals surface area contributed by atoms with Crippen molar-refractivity contribution in [1.29, 1.82) is 0 Å². The smallest absolute Gasteiger partial charge is 0.255 e. The summed E-state index contributed by atoms with van der Waals surface area (Å²) in [6, 6.07) is 21.1. The molecule has 0 fully saturated rings. The highest BCUT2D eigenvalue weighted by Crippen LogP contribution is 2.36. The van der Waals surface area contributed by atoms with Gasteiger partial charge in [0.05, 0.1) is 12.7 Å². The Kier molecular flexibility index (Phi) is 6.87. The topological polar surface area (TPSA) is 111 Å². The van der Waals surface area contributed by atoms with E-state index >= 15 is 0 Å².